The molecule has 1 aliphatic carbocycles. The fourth-order valence-electron chi connectivity index (χ4n) is 2.24. The number of sulfone groups is 1. The maximum absolute atomic E-state index is 13.7. The highest BCUT2D eigenvalue weighted by atomic mass is 32.2. The standard InChI is InChI=1S/C14H13F3O4S/c1-22(20,21)11-5-8(12(15)14(17)13(11)16)4-10(19)9(6-18)7-2-3-7/h5-7,9H,2-4H2,1H3. The van der Waals surface area contributed by atoms with Crippen molar-refractivity contribution < 1.29 is 31.2 Å². The summed E-state index contributed by atoms with van der Waals surface area (Å²) in [6, 6.07) is 0.607. The van der Waals surface area contributed by atoms with Crippen LogP contribution >= 0.6 is 0 Å². The second kappa shape index (κ2) is 5.83. The third-order valence-electron chi connectivity index (χ3n) is 3.60. The van der Waals surface area contributed by atoms with Crippen LogP contribution in [0.2, 0.25) is 0 Å². The number of aldehydes is 1. The summed E-state index contributed by atoms with van der Waals surface area (Å²) in [6.07, 6.45) is 1.83. The van der Waals surface area contributed by atoms with E-state index in [1.807, 2.05) is 0 Å². The van der Waals surface area contributed by atoms with Crippen LogP contribution in [-0.4, -0.2) is 26.7 Å². The molecule has 8 heteroatoms. The monoisotopic (exact) mass is 334 g/mol. The van der Waals surface area contributed by atoms with Crippen LogP contribution in [0, 0.1) is 29.3 Å². The van der Waals surface area contributed by atoms with Gasteiger partial charge in [-0.3, -0.25) is 4.79 Å². The maximum Gasteiger partial charge on any atom is 0.196 e. The zero-order valence-corrected chi connectivity index (χ0v) is 12.4. The van der Waals surface area contributed by atoms with E-state index in [1.165, 1.54) is 0 Å². The fraction of sp³-hybridized carbons (Fsp3) is 0.429. The molecule has 1 unspecified atom stereocenters. The van der Waals surface area contributed by atoms with E-state index in [9.17, 15) is 31.2 Å². The molecule has 0 heterocycles. The van der Waals surface area contributed by atoms with Gasteiger partial charge in [-0.2, -0.15) is 0 Å². The zero-order valence-electron chi connectivity index (χ0n) is 11.6. The molecular formula is C14H13F3O4S. The molecule has 1 aliphatic rings. The molecule has 4 nitrogen and oxygen atoms in total. The number of ketones is 1. The molecule has 0 saturated heterocycles. The van der Waals surface area contributed by atoms with E-state index in [0.717, 1.165) is 0 Å². The van der Waals surface area contributed by atoms with Gasteiger partial charge in [-0.1, -0.05) is 0 Å². The normalized spacial score (nSPS) is 16.4. The van der Waals surface area contributed by atoms with Gasteiger partial charge in [-0.05, 0) is 30.4 Å². The Bertz CT molecular complexity index is 739. The van der Waals surface area contributed by atoms with E-state index in [4.69, 9.17) is 0 Å². The predicted octanol–water partition coefficient (Wildman–Crippen LogP) is 1.84. The topological polar surface area (TPSA) is 68.3 Å². The van der Waals surface area contributed by atoms with E-state index >= 15 is 0 Å². The molecule has 0 radical (unpaired) electrons. The second-order valence-corrected chi connectivity index (χ2v) is 7.37. The predicted molar refractivity (Wildman–Crippen MR) is 70.4 cm³/mol. The number of rotatable bonds is 6. The van der Waals surface area contributed by atoms with Crippen molar-refractivity contribution in [3.63, 3.8) is 0 Å². The zero-order chi connectivity index (χ0) is 16.7. The Labute approximate surface area is 125 Å². The number of benzene rings is 1. The SMILES string of the molecule is CS(=O)(=O)c1cc(CC(=O)C(C=O)C2CC2)c(F)c(F)c1F. The lowest BCUT2D eigenvalue weighted by Crippen LogP contribution is -2.21. The molecule has 1 aromatic rings. The fourth-order valence-corrected chi connectivity index (χ4v) is 3.01. The Morgan fingerprint density at radius 1 is 1.27 bits per heavy atom. The summed E-state index contributed by atoms with van der Waals surface area (Å²) in [4.78, 5) is 21.9. The molecule has 1 fully saturated rings. The first kappa shape index (κ1) is 16.7. The molecular weight excluding hydrogens is 321 g/mol. The Kier molecular flexibility index (Phi) is 4.42. The van der Waals surface area contributed by atoms with Crippen molar-refractivity contribution in [1.29, 1.82) is 0 Å². The van der Waals surface area contributed by atoms with Crippen molar-refractivity contribution in [3.05, 3.63) is 29.1 Å². The molecule has 120 valence electrons. The van der Waals surface area contributed by atoms with E-state index in [2.05, 4.69) is 0 Å². The summed E-state index contributed by atoms with van der Waals surface area (Å²) < 4.78 is 63.5. The largest absolute Gasteiger partial charge is 0.303 e. The molecule has 1 aromatic carbocycles. The Morgan fingerprint density at radius 3 is 2.32 bits per heavy atom. The van der Waals surface area contributed by atoms with Crippen LogP contribution in [0.4, 0.5) is 13.2 Å². The molecule has 0 spiro atoms. The number of carbonyl (C=O) groups is 2. The third-order valence-corrected chi connectivity index (χ3v) is 4.70. The van der Waals surface area contributed by atoms with Crippen molar-refractivity contribution in [2.24, 2.45) is 11.8 Å². The minimum atomic E-state index is -4.12. The molecule has 0 N–H and O–H groups in total. The number of hydrogen-bond donors (Lipinski definition) is 0. The first-order valence-electron chi connectivity index (χ1n) is 6.51. The van der Waals surface area contributed by atoms with Gasteiger partial charge in [-0.25, -0.2) is 21.6 Å². The van der Waals surface area contributed by atoms with Gasteiger partial charge in [0.25, 0.3) is 0 Å². The lowest BCUT2D eigenvalue weighted by atomic mass is 9.94. The number of halogens is 3. The second-order valence-electron chi connectivity index (χ2n) is 5.39. The highest BCUT2D eigenvalue weighted by Crippen LogP contribution is 2.37. The summed E-state index contributed by atoms with van der Waals surface area (Å²) in [5.74, 6) is -7.03. The van der Waals surface area contributed by atoms with Gasteiger partial charge in [-0.15, -0.1) is 0 Å². The smallest absolute Gasteiger partial charge is 0.196 e. The van der Waals surface area contributed by atoms with E-state index in [1.54, 1.807) is 0 Å². The first-order valence-corrected chi connectivity index (χ1v) is 8.40. The number of Topliss-reactive ketones (excluding diaryl/α,β-unsaturated/α-hetero) is 1. The summed E-state index contributed by atoms with van der Waals surface area (Å²) in [7, 11) is -4.12. The molecule has 0 aliphatic heterocycles. The molecule has 1 saturated carbocycles. The minimum absolute atomic E-state index is 0.104. The molecule has 0 amide bonds. The van der Waals surface area contributed by atoms with Crippen molar-refractivity contribution in [3.8, 4) is 0 Å². The maximum atomic E-state index is 13.7. The molecule has 2 rings (SSSR count). The van der Waals surface area contributed by atoms with Crippen LogP contribution in [0.15, 0.2) is 11.0 Å². The van der Waals surface area contributed by atoms with E-state index in [-0.39, 0.29) is 5.92 Å². The Morgan fingerprint density at radius 2 is 1.86 bits per heavy atom. The highest BCUT2D eigenvalue weighted by molar-refractivity contribution is 7.90. The number of carbonyl (C=O) groups excluding carboxylic acids is 2. The van der Waals surface area contributed by atoms with Gasteiger partial charge >= 0.3 is 0 Å². The van der Waals surface area contributed by atoms with Gasteiger partial charge < -0.3 is 4.79 Å². The van der Waals surface area contributed by atoms with Crippen LogP contribution in [0.25, 0.3) is 0 Å². The van der Waals surface area contributed by atoms with Crippen LogP contribution in [0.3, 0.4) is 0 Å². The van der Waals surface area contributed by atoms with Crippen molar-refractivity contribution in [1.82, 2.24) is 0 Å². The van der Waals surface area contributed by atoms with Gasteiger partial charge in [0.2, 0.25) is 0 Å². The van der Waals surface area contributed by atoms with Gasteiger partial charge in [0, 0.05) is 12.7 Å². The van der Waals surface area contributed by atoms with Crippen molar-refractivity contribution in [2.75, 3.05) is 6.26 Å². The lowest BCUT2D eigenvalue weighted by molar-refractivity contribution is -0.127. The summed E-state index contributed by atoms with van der Waals surface area (Å²) in [5, 5.41) is 0. The molecule has 1 atom stereocenters. The lowest BCUT2D eigenvalue weighted by Gasteiger charge is -2.11. The summed E-state index contributed by atoms with van der Waals surface area (Å²) in [5.41, 5.74) is -0.572. The average Bonchev–Trinajstić information content (AvgIpc) is 3.23. The van der Waals surface area contributed by atoms with Gasteiger partial charge in [0.05, 0.1) is 5.92 Å². The van der Waals surface area contributed by atoms with Gasteiger partial charge in [0.1, 0.15) is 17.0 Å². The average molecular weight is 334 g/mol. The van der Waals surface area contributed by atoms with Crippen LogP contribution in [0.5, 0.6) is 0 Å². The summed E-state index contributed by atoms with van der Waals surface area (Å²) in [6.45, 7) is 0. The first-order chi connectivity index (χ1) is 10.2. The molecule has 0 aromatic heterocycles. The minimum Gasteiger partial charge on any atom is -0.303 e. The Hall–Kier alpha value is -1.70. The van der Waals surface area contributed by atoms with Crippen molar-refractivity contribution in [2.45, 2.75) is 24.2 Å². The van der Waals surface area contributed by atoms with E-state index < -0.39 is 55.9 Å². The molecule has 22 heavy (non-hydrogen) atoms. The highest BCUT2D eigenvalue weighted by Gasteiger charge is 2.36. The van der Waals surface area contributed by atoms with Crippen LogP contribution in [0.1, 0.15) is 18.4 Å². The Balaban J connectivity index is 2.40. The van der Waals surface area contributed by atoms with Crippen LogP contribution < -0.4 is 0 Å². The van der Waals surface area contributed by atoms with E-state index in [0.29, 0.717) is 31.4 Å². The molecule has 0 bridgehead atoms. The van der Waals surface area contributed by atoms with Crippen molar-refractivity contribution >= 4 is 21.9 Å². The quantitative estimate of drug-likeness (QED) is 0.345. The van der Waals surface area contributed by atoms with Crippen LogP contribution in [-0.2, 0) is 25.8 Å². The van der Waals surface area contributed by atoms with Gasteiger partial charge in [0.15, 0.2) is 27.3 Å². The third kappa shape index (κ3) is 3.21. The number of hydrogen-bond acceptors (Lipinski definition) is 4. The summed E-state index contributed by atoms with van der Waals surface area (Å²) >= 11 is 0.